The first kappa shape index (κ1) is 12.8. The molecule has 0 spiro atoms. The minimum absolute atomic E-state index is 0.150. The Kier molecular flexibility index (Phi) is 4.15. The smallest absolute Gasteiger partial charge is 0.269 e. The number of hydrogen-bond acceptors (Lipinski definition) is 4. The fourth-order valence-electron chi connectivity index (χ4n) is 2.29. The predicted molar refractivity (Wildman–Crippen MR) is 72.0 cm³/mol. The maximum atomic E-state index is 10.7. The molecule has 2 rings (SSSR count). The minimum atomic E-state index is -0.357. The van der Waals surface area contributed by atoms with E-state index in [-0.39, 0.29) is 10.6 Å². The summed E-state index contributed by atoms with van der Waals surface area (Å²) in [4.78, 5) is 10.3. The number of nitrogens with one attached hydrogen (secondary N) is 2. The molecule has 0 aromatic heterocycles. The van der Waals surface area contributed by atoms with Gasteiger partial charge in [0, 0.05) is 30.4 Å². The number of anilines is 1. The molecular weight excluding hydrogens is 230 g/mol. The first-order valence-electron chi connectivity index (χ1n) is 6.39. The van der Waals surface area contributed by atoms with Crippen molar-refractivity contribution in [1.29, 1.82) is 0 Å². The molecule has 0 bridgehead atoms. The summed E-state index contributed by atoms with van der Waals surface area (Å²) in [6.07, 6.45) is 3.58. The van der Waals surface area contributed by atoms with Crippen molar-refractivity contribution in [3.8, 4) is 0 Å². The molecule has 1 heterocycles. The van der Waals surface area contributed by atoms with Crippen LogP contribution in [0.25, 0.3) is 0 Å². The van der Waals surface area contributed by atoms with Gasteiger partial charge in [-0.05, 0) is 37.9 Å². The first-order chi connectivity index (χ1) is 8.66. The number of nitro groups is 1. The van der Waals surface area contributed by atoms with Gasteiger partial charge in [0.15, 0.2) is 0 Å². The molecule has 0 saturated carbocycles. The topological polar surface area (TPSA) is 67.2 Å². The zero-order valence-electron chi connectivity index (χ0n) is 10.6. The largest absolute Gasteiger partial charge is 0.381 e. The first-order valence-corrected chi connectivity index (χ1v) is 6.39. The lowest BCUT2D eigenvalue weighted by Gasteiger charge is -2.19. The average Bonchev–Trinajstić information content (AvgIpc) is 2.60. The highest BCUT2D eigenvalue weighted by atomic mass is 16.6. The van der Waals surface area contributed by atoms with E-state index in [4.69, 9.17) is 0 Å². The van der Waals surface area contributed by atoms with Crippen LogP contribution in [0.15, 0.2) is 18.2 Å². The Morgan fingerprint density at radius 3 is 3.00 bits per heavy atom. The third-order valence-corrected chi connectivity index (χ3v) is 3.33. The lowest BCUT2D eigenvalue weighted by molar-refractivity contribution is -0.384. The number of non-ortho nitro benzene ring substituents is 1. The number of nitro benzene ring substituents is 1. The van der Waals surface area contributed by atoms with Crippen molar-refractivity contribution in [3.05, 3.63) is 33.9 Å². The molecule has 0 radical (unpaired) electrons. The van der Waals surface area contributed by atoms with E-state index >= 15 is 0 Å². The van der Waals surface area contributed by atoms with Crippen molar-refractivity contribution >= 4 is 11.4 Å². The van der Waals surface area contributed by atoms with Gasteiger partial charge in [-0.25, -0.2) is 0 Å². The van der Waals surface area contributed by atoms with Gasteiger partial charge in [-0.15, -0.1) is 0 Å². The van der Waals surface area contributed by atoms with Gasteiger partial charge in [0.2, 0.25) is 0 Å². The lowest BCUT2D eigenvalue weighted by atomic mass is 10.1. The van der Waals surface area contributed by atoms with Crippen molar-refractivity contribution < 1.29 is 4.92 Å². The Labute approximate surface area is 107 Å². The summed E-state index contributed by atoms with van der Waals surface area (Å²) in [5, 5.41) is 17.5. The maximum Gasteiger partial charge on any atom is 0.269 e. The third kappa shape index (κ3) is 3.20. The van der Waals surface area contributed by atoms with E-state index < -0.39 is 0 Å². The zero-order valence-corrected chi connectivity index (χ0v) is 10.6. The van der Waals surface area contributed by atoms with Gasteiger partial charge in [-0.3, -0.25) is 10.1 Å². The number of rotatable bonds is 3. The lowest BCUT2D eigenvalue weighted by Crippen LogP contribution is -2.31. The zero-order chi connectivity index (χ0) is 13.0. The van der Waals surface area contributed by atoms with Crippen LogP contribution in [0.3, 0.4) is 0 Å². The second-order valence-corrected chi connectivity index (χ2v) is 4.80. The van der Waals surface area contributed by atoms with Gasteiger partial charge in [0.1, 0.15) is 0 Å². The van der Waals surface area contributed by atoms with E-state index in [9.17, 15) is 10.1 Å². The Morgan fingerprint density at radius 1 is 1.44 bits per heavy atom. The Balaban J connectivity index is 2.06. The predicted octanol–water partition coefficient (Wildman–Crippen LogP) is 2.46. The molecule has 0 aliphatic carbocycles. The fraction of sp³-hybridized carbons (Fsp3) is 0.538. The molecule has 1 aromatic rings. The van der Waals surface area contributed by atoms with Gasteiger partial charge in [-0.1, -0.05) is 6.42 Å². The SMILES string of the molecule is Cc1cc([N+](=O)[O-])ccc1NC1CCCCNC1. The van der Waals surface area contributed by atoms with Crippen LogP contribution in [-0.4, -0.2) is 24.1 Å². The molecule has 18 heavy (non-hydrogen) atoms. The van der Waals surface area contributed by atoms with Gasteiger partial charge in [0.25, 0.3) is 5.69 Å². The highest BCUT2D eigenvalue weighted by molar-refractivity contribution is 5.55. The minimum Gasteiger partial charge on any atom is -0.381 e. The quantitative estimate of drug-likeness (QED) is 0.638. The number of benzene rings is 1. The van der Waals surface area contributed by atoms with Crippen molar-refractivity contribution in [3.63, 3.8) is 0 Å². The molecule has 0 amide bonds. The molecule has 98 valence electrons. The highest BCUT2D eigenvalue weighted by Gasteiger charge is 2.14. The Morgan fingerprint density at radius 2 is 2.28 bits per heavy atom. The number of aryl methyl sites for hydroxylation is 1. The van der Waals surface area contributed by atoms with E-state index in [0.29, 0.717) is 6.04 Å². The number of nitrogens with zero attached hydrogens (tertiary/aromatic N) is 1. The molecule has 1 fully saturated rings. The van der Waals surface area contributed by atoms with E-state index in [1.807, 2.05) is 6.92 Å². The number of hydrogen-bond donors (Lipinski definition) is 2. The second-order valence-electron chi connectivity index (χ2n) is 4.80. The summed E-state index contributed by atoms with van der Waals surface area (Å²) < 4.78 is 0. The Bertz CT molecular complexity index is 426. The van der Waals surface area contributed by atoms with Crippen molar-refractivity contribution in [2.75, 3.05) is 18.4 Å². The summed E-state index contributed by atoms with van der Waals surface area (Å²) in [6, 6.07) is 5.39. The van der Waals surface area contributed by atoms with Gasteiger partial charge < -0.3 is 10.6 Å². The van der Waals surface area contributed by atoms with Gasteiger partial charge >= 0.3 is 0 Å². The van der Waals surface area contributed by atoms with E-state index in [2.05, 4.69) is 10.6 Å². The van der Waals surface area contributed by atoms with Crippen LogP contribution in [0, 0.1) is 17.0 Å². The molecule has 2 N–H and O–H groups in total. The highest BCUT2D eigenvalue weighted by Crippen LogP contribution is 2.22. The van der Waals surface area contributed by atoms with Crippen molar-refractivity contribution in [1.82, 2.24) is 5.32 Å². The van der Waals surface area contributed by atoms with Crippen LogP contribution in [-0.2, 0) is 0 Å². The summed E-state index contributed by atoms with van der Waals surface area (Å²) in [5.74, 6) is 0. The van der Waals surface area contributed by atoms with Crippen LogP contribution in [0.2, 0.25) is 0 Å². The van der Waals surface area contributed by atoms with Crippen LogP contribution >= 0.6 is 0 Å². The van der Waals surface area contributed by atoms with Crippen molar-refractivity contribution in [2.24, 2.45) is 0 Å². The van der Waals surface area contributed by atoms with Crippen LogP contribution in [0.5, 0.6) is 0 Å². The summed E-state index contributed by atoms with van der Waals surface area (Å²) in [7, 11) is 0. The molecule has 1 aromatic carbocycles. The van der Waals surface area contributed by atoms with Crippen LogP contribution < -0.4 is 10.6 Å². The molecule has 5 heteroatoms. The molecule has 1 aliphatic heterocycles. The van der Waals surface area contributed by atoms with Crippen LogP contribution in [0.4, 0.5) is 11.4 Å². The molecule has 1 saturated heterocycles. The molecular formula is C13H19N3O2. The van der Waals surface area contributed by atoms with E-state index in [1.54, 1.807) is 18.2 Å². The van der Waals surface area contributed by atoms with Gasteiger partial charge in [-0.2, -0.15) is 0 Å². The van der Waals surface area contributed by atoms with E-state index in [1.165, 1.54) is 12.8 Å². The summed E-state index contributed by atoms with van der Waals surface area (Å²) >= 11 is 0. The normalized spacial score (nSPS) is 20.2. The third-order valence-electron chi connectivity index (χ3n) is 3.33. The fourth-order valence-corrected chi connectivity index (χ4v) is 2.29. The van der Waals surface area contributed by atoms with E-state index in [0.717, 1.165) is 30.8 Å². The Hall–Kier alpha value is -1.62. The van der Waals surface area contributed by atoms with Gasteiger partial charge in [0.05, 0.1) is 4.92 Å². The monoisotopic (exact) mass is 249 g/mol. The maximum absolute atomic E-state index is 10.7. The molecule has 1 aliphatic rings. The van der Waals surface area contributed by atoms with Crippen LogP contribution in [0.1, 0.15) is 24.8 Å². The average molecular weight is 249 g/mol. The summed E-state index contributed by atoms with van der Waals surface area (Å²) in [5.41, 5.74) is 2.07. The summed E-state index contributed by atoms with van der Waals surface area (Å²) in [6.45, 7) is 3.94. The molecule has 1 atom stereocenters. The molecule has 1 unspecified atom stereocenters. The van der Waals surface area contributed by atoms with Crippen molar-refractivity contribution in [2.45, 2.75) is 32.2 Å². The second kappa shape index (κ2) is 5.82. The standard InChI is InChI=1S/C13H19N3O2/c1-10-8-12(16(17)18)5-6-13(10)15-11-4-2-3-7-14-9-11/h5-6,8,11,14-15H,2-4,7,9H2,1H3. The molecule has 5 nitrogen and oxygen atoms in total.